The molecule has 0 aromatic rings. The van der Waals surface area contributed by atoms with E-state index in [1.165, 1.54) is 128 Å². The Morgan fingerprint density at radius 2 is 0.964 bits per heavy atom. The van der Waals surface area contributed by atoms with Crippen LogP contribution in [0.1, 0.15) is 227 Å². The number of ether oxygens (including phenoxy) is 3. The Bertz CT molecular complexity index is 871. The van der Waals surface area contributed by atoms with Crippen LogP contribution in [0.2, 0.25) is 0 Å². The Hall–Kier alpha value is -1.71. The molecule has 0 radical (unpaired) electrons. The minimum Gasteiger partial charge on any atom is -0.465 e. The minimum atomic E-state index is -0.654. The number of aliphatic hydroxyl groups is 1. The fourth-order valence-electron chi connectivity index (χ4n) is 7.19. The van der Waals surface area contributed by atoms with Gasteiger partial charge < -0.3 is 25.1 Å². The average molecular weight is 783 g/mol. The standard InChI is InChI=1S/C46H90N2O7/c1-5-8-10-12-14-16-18-20-22-24-26-28-30-35-44(50)54-40-42(39-48(38-41(4)49)37-33-32-34-43(47)46(52)53-7-3)55-45(51)36-31-29-27-25-23-21-19-17-15-13-11-9-6-2/h41-43,49H,5-40,47H2,1-4H3. The first-order valence-electron chi connectivity index (χ1n) is 23.4. The zero-order valence-electron chi connectivity index (χ0n) is 36.6. The number of carbonyl (C=O) groups excluding carboxylic acids is 3. The van der Waals surface area contributed by atoms with Crippen LogP contribution in [0.5, 0.6) is 0 Å². The second-order valence-corrected chi connectivity index (χ2v) is 16.2. The van der Waals surface area contributed by atoms with E-state index in [0.29, 0.717) is 51.9 Å². The first-order chi connectivity index (χ1) is 26.7. The summed E-state index contributed by atoms with van der Waals surface area (Å²) in [7, 11) is 0. The highest BCUT2D eigenvalue weighted by atomic mass is 16.6. The van der Waals surface area contributed by atoms with Gasteiger partial charge in [0.15, 0.2) is 0 Å². The van der Waals surface area contributed by atoms with Gasteiger partial charge in [0.2, 0.25) is 0 Å². The zero-order valence-corrected chi connectivity index (χ0v) is 36.6. The molecule has 0 saturated carbocycles. The topological polar surface area (TPSA) is 128 Å². The molecule has 55 heavy (non-hydrogen) atoms. The van der Waals surface area contributed by atoms with Crippen molar-refractivity contribution in [2.45, 2.75) is 245 Å². The molecule has 3 unspecified atom stereocenters. The summed E-state index contributed by atoms with van der Waals surface area (Å²) < 4.78 is 16.6. The average Bonchev–Trinajstić information content (AvgIpc) is 3.15. The number of nitrogens with two attached hydrogens (primary N) is 1. The Morgan fingerprint density at radius 1 is 0.545 bits per heavy atom. The van der Waals surface area contributed by atoms with Gasteiger partial charge in [0, 0.05) is 25.9 Å². The molecular weight excluding hydrogens is 693 g/mol. The van der Waals surface area contributed by atoms with Gasteiger partial charge in [-0.25, -0.2) is 0 Å². The predicted octanol–water partition coefficient (Wildman–Crippen LogP) is 11.1. The van der Waals surface area contributed by atoms with E-state index in [1.807, 2.05) is 4.90 Å². The maximum atomic E-state index is 13.0. The fourth-order valence-corrected chi connectivity index (χ4v) is 7.19. The summed E-state index contributed by atoms with van der Waals surface area (Å²) in [5.74, 6) is -0.909. The molecule has 9 nitrogen and oxygen atoms in total. The van der Waals surface area contributed by atoms with Crippen LogP contribution in [0, 0.1) is 0 Å². The van der Waals surface area contributed by atoms with E-state index < -0.39 is 18.2 Å². The lowest BCUT2D eigenvalue weighted by atomic mass is 10.0. The zero-order chi connectivity index (χ0) is 40.6. The van der Waals surface area contributed by atoms with Crippen molar-refractivity contribution in [3.8, 4) is 0 Å². The van der Waals surface area contributed by atoms with Crippen LogP contribution in [-0.2, 0) is 28.6 Å². The van der Waals surface area contributed by atoms with Crippen molar-refractivity contribution in [1.29, 1.82) is 0 Å². The molecule has 3 N–H and O–H groups in total. The third-order valence-electron chi connectivity index (χ3n) is 10.5. The number of aliphatic hydroxyl groups excluding tert-OH is 1. The van der Waals surface area contributed by atoms with Crippen molar-refractivity contribution >= 4 is 17.9 Å². The number of hydrogen-bond acceptors (Lipinski definition) is 9. The molecule has 0 heterocycles. The summed E-state index contributed by atoms with van der Waals surface area (Å²) in [5, 5.41) is 10.2. The molecule has 3 atom stereocenters. The molecule has 0 saturated heterocycles. The maximum absolute atomic E-state index is 13.0. The molecule has 0 aliphatic heterocycles. The molecule has 9 heteroatoms. The van der Waals surface area contributed by atoms with Crippen LogP contribution in [0.25, 0.3) is 0 Å². The first kappa shape index (κ1) is 53.3. The largest absolute Gasteiger partial charge is 0.465 e. The van der Waals surface area contributed by atoms with E-state index in [0.717, 1.165) is 44.9 Å². The normalized spacial score (nSPS) is 13.1. The second-order valence-electron chi connectivity index (χ2n) is 16.2. The molecule has 0 aliphatic rings. The number of esters is 3. The summed E-state index contributed by atoms with van der Waals surface area (Å²) in [6.07, 6.45) is 33.9. The molecule has 0 bridgehead atoms. The SMILES string of the molecule is CCCCCCCCCCCCCCCC(=O)OCC(CN(CCCCC(N)C(=O)OCC)CC(C)O)OC(=O)CCCCCCCCCCCCCCC. The van der Waals surface area contributed by atoms with Gasteiger partial charge in [0.05, 0.1) is 12.7 Å². The first-order valence-corrected chi connectivity index (χ1v) is 23.4. The van der Waals surface area contributed by atoms with Crippen LogP contribution >= 0.6 is 0 Å². The molecule has 0 aromatic heterocycles. The van der Waals surface area contributed by atoms with E-state index in [2.05, 4.69) is 13.8 Å². The lowest BCUT2D eigenvalue weighted by molar-refractivity contribution is -0.160. The summed E-state index contributed by atoms with van der Waals surface area (Å²) in [6.45, 7) is 9.69. The fraction of sp³-hybridized carbons (Fsp3) is 0.935. The minimum absolute atomic E-state index is 0.00562. The van der Waals surface area contributed by atoms with Crippen molar-refractivity contribution in [3.05, 3.63) is 0 Å². The maximum Gasteiger partial charge on any atom is 0.322 e. The van der Waals surface area contributed by atoms with Crippen LogP contribution in [0.3, 0.4) is 0 Å². The summed E-state index contributed by atoms with van der Waals surface area (Å²) in [6, 6.07) is -0.654. The van der Waals surface area contributed by atoms with E-state index in [4.69, 9.17) is 19.9 Å². The molecule has 0 amide bonds. The lowest BCUT2D eigenvalue weighted by Crippen LogP contribution is -2.42. The number of hydrogen-bond donors (Lipinski definition) is 2. The molecular formula is C46H90N2O7. The van der Waals surface area contributed by atoms with Gasteiger partial charge in [-0.1, -0.05) is 174 Å². The molecule has 326 valence electrons. The van der Waals surface area contributed by atoms with Crippen molar-refractivity contribution in [2.75, 3.05) is 32.8 Å². The lowest BCUT2D eigenvalue weighted by Gasteiger charge is -2.28. The molecule has 0 spiro atoms. The summed E-state index contributed by atoms with van der Waals surface area (Å²) >= 11 is 0. The van der Waals surface area contributed by atoms with Crippen LogP contribution in [0.4, 0.5) is 0 Å². The van der Waals surface area contributed by atoms with Gasteiger partial charge in [-0.3, -0.25) is 19.3 Å². The highest BCUT2D eigenvalue weighted by Gasteiger charge is 2.22. The van der Waals surface area contributed by atoms with Gasteiger partial charge in [-0.15, -0.1) is 0 Å². The molecule has 0 fully saturated rings. The van der Waals surface area contributed by atoms with E-state index >= 15 is 0 Å². The van der Waals surface area contributed by atoms with Gasteiger partial charge in [-0.05, 0) is 46.1 Å². The molecule has 0 rings (SSSR count). The Morgan fingerprint density at radius 3 is 1.38 bits per heavy atom. The van der Waals surface area contributed by atoms with Crippen LogP contribution < -0.4 is 5.73 Å². The van der Waals surface area contributed by atoms with Crippen molar-refractivity contribution in [2.24, 2.45) is 5.73 Å². The van der Waals surface area contributed by atoms with E-state index in [9.17, 15) is 19.5 Å². The van der Waals surface area contributed by atoms with Crippen molar-refractivity contribution in [3.63, 3.8) is 0 Å². The highest BCUT2D eigenvalue weighted by molar-refractivity contribution is 5.75. The third-order valence-corrected chi connectivity index (χ3v) is 10.5. The van der Waals surface area contributed by atoms with Crippen molar-refractivity contribution in [1.82, 2.24) is 4.90 Å². The smallest absolute Gasteiger partial charge is 0.322 e. The van der Waals surface area contributed by atoms with Gasteiger partial charge in [-0.2, -0.15) is 0 Å². The van der Waals surface area contributed by atoms with Crippen LogP contribution in [-0.4, -0.2) is 79.0 Å². The number of rotatable bonds is 42. The van der Waals surface area contributed by atoms with Crippen LogP contribution in [0.15, 0.2) is 0 Å². The third kappa shape index (κ3) is 37.6. The molecule has 0 aromatic carbocycles. The van der Waals surface area contributed by atoms with Gasteiger partial charge in [0.25, 0.3) is 0 Å². The van der Waals surface area contributed by atoms with Gasteiger partial charge in [0.1, 0.15) is 18.8 Å². The number of unbranched alkanes of at least 4 members (excludes halogenated alkanes) is 25. The predicted molar refractivity (Wildman–Crippen MR) is 228 cm³/mol. The van der Waals surface area contributed by atoms with Gasteiger partial charge >= 0.3 is 17.9 Å². The second kappa shape index (κ2) is 40.5. The number of nitrogens with zero attached hydrogens (tertiary/aromatic N) is 1. The summed E-state index contributed by atoms with van der Waals surface area (Å²) in [4.78, 5) is 39.6. The Balaban J connectivity index is 4.71. The van der Waals surface area contributed by atoms with E-state index in [1.54, 1.807) is 13.8 Å². The highest BCUT2D eigenvalue weighted by Crippen LogP contribution is 2.16. The van der Waals surface area contributed by atoms with Crippen molar-refractivity contribution < 1.29 is 33.7 Å². The quantitative estimate of drug-likeness (QED) is 0.0353. The number of carbonyl (C=O) groups is 3. The molecule has 0 aliphatic carbocycles. The Labute approximate surface area is 339 Å². The Kier molecular flexibility index (Phi) is 39.2. The summed E-state index contributed by atoms with van der Waals surface area (Å²) in [5.41, 5.74) is 5.98. The monoisotopic (exact) mass is 783 g/mol. The van der Waals surface area contributed by atoms with E-state index in [-0.39, 0.29) is 24.5 Å².